The lowest BCUT2D eigenvalue weighted by molar-refractivity contribution is 0.00203. The molecule has 3 atom stereocenters. The van der Waals surface area contributed by atoms with Gasteiger partial charge in [-0.05, 0) is 80.9 Å². The summed E-state index contributed by atoms with van der Waals surface area (Å²) in [5.41, 5.74) is 7.69. The van der Waals surface area contributed by atoms with Crippen LogP contribution in [0.1, 0.15) is 37.7 Å². The fourth-order valence-electron chi connectivity index (χ4n) is 8.57. The summed E-state index contributed by atoms with van der Waals surface area (Å²) in [4.78, 5) is 25.8. The zero-order valence-electron chi connectivity index (χ0n) is 28.5. The first-order valence-corrected chi connectivity index (χ1v) is 18.8. The van der Waals surface area contributed by atoms with Crippen LogP contribution in [0.5, 0.6) is 0 Å². The normalized spacial score (nSPS) is 22.6. The number of amides is 1. The Labute approximate surface area is 290 Å². The number of hydrogen-bond donors (Lipinski definition) is 2. The molecule has 6 rings (SSSR count). The van der Waals surface area contributed by atoms with Crippen LogP contribution in [-0.4, -0.2) is 88.1 Å². The number of carbonyl (C=O) groups excluding carboxylic acids is 1. The van der Waals surface area contributed by atoms with Crippen molar-refractivity contribution in [1.82, 2.24) is 19.8 Å². The van der Waals surface area contributed by atoms with Crippen molar-refractivity contribution < 1.29 is 17.9 Å². The lowest BCUT2D eigenvalue weighted by Crippen LogP contribution is -2.55. The maximum Gasteiger partial charge on any atom is 0.407 e. The summed E-state index contributed by atoms with van der Waals surface area (Å²) in [6, 6.07) is 18.0. The minimum atomic E-state index is -3.71. The number of likely N-dealkylation sites (tertiary alicyclic amines) is 1. The van der Waals surface area contributed by atoms with Crippen LogP contribution in [-0.2, 0) is 26.5 Å². The van der Waals surface area contributed by atoms with Crippen LogP contribution in [0.3, 0.4) is 0 Å². The molecule has 3 heterocycles. The Morgan fingerprint density at radius 2 is 1.82 bits per heavy atom. The summed E-state index contributed by atoms with van der Waals surface area (Å²) in [5.74, 6) is 1.17. The lowest BCUT2D eigenvalue weighted by atomic mass is 9.58. The summed E-state index contributed by atoms with van der Waals surface area (Å²) < 4.78 is 34.1. The number of carbonyl (C=O) groups is 1. The van der Waals surface area contributed by atoms with Gasteiger partial charge >= 0.3 is 6.09 Å². The van der Waals surface area contributed by atoms with Crippen molar-refractivity contribution in [2.45, 2.75) is 55.1 Å². The van der Waals surface area contributed by atoms with Crippen LogP contribution in [0.2, 0.25) is 0 Å². The molecule has 1 amide bonds. The number of ether oxygens (including phenoxy) is 1. The quantitative estimate of drug-likeness (QED) is 0.267. The van der Waals surface area contributed by atoms with Crippen LogP contribution >= 0.6 is 0 Å². The molecule has 0 radical (unpaired) electrons. The van der Waals surface area contributed by atoms with Crippen LogP contribution in [0.25, 0.3) is 0 Å². The van der Waals surface area contributed by atoms with Crippen molar-refractivity contribution in [2.75, 3.05) is 51.7 Å². The second-order valence-corrected chi connectivity index (χ2v) is 15.6. The molecule has 1 saturated carbocycles. The summed E-state index contributed by atoms with van der Waals surface area (Å²) in [7, 11) is -0.560. The van der Waals surface area contributed by atoms with Gasteiger partial charge in [0.25, 0.3) is 0 Å². The third-order valence-corrected chi connectivity index (χ3v) is 12.7. The van der Waals surface area contributed by atoms with E-state index in [1.165, 1.54) is 18.8 Å². The van der Waals surface area contributed by atoms with Gasteiger partial charge in [-0.1, -0.05) is 30.3 Å². The van der Waals surface area contributed by atoms with E-state index in [0.717, 1.165) is 83.3 Å². The van der Waals surface area contributed by atoms with E-state index >= 15 is 0 Å². The van der Waals surface area contributed by atoms with Gasteiger partial charge in [0.05, 0.1) is 11.2 Å². The predicted octanol–water partition coefficient (Wildman–Crippen LogP) is 4.47. The Hall–Kier alpha value is -4.16. The van der Waals surface area contributed by atoms with Gasteiger partial charge in [0.2, 0.25) is 9.84 Å². The van der Waals surface area contributed by atoms with E-state index < -0.39 is 9.84 Å². The van der Waals surface area contributed by atoms with E-state index in [1.807, 2.05) is 24.7 Å². The van der Waals surface area contributed by atoms with E-state index in [1.54, 1.807) is 19.2 Å². The van der Waals surface area contributed by atoms with Gasteiger partial charge in [-0.3, -0.25) is 4.99 Å². The van der Waals surface area contributed by atoms with Crippen molar-refractivity contribution in [1.29, 1.82) is 0 Å². The summed E-state index contributed by atoms with van der Waals surface area (Å²) in [6.07, 6.45) is 12.8. The highest BCUT2D eigenvalue weighted by Gasteiger charge is 2.53. The number of sulfone groups is 1. The molecular weight excluding hydrogens is 639 g/mol. The zero-order valence-corrected chi connectivity index (χ0v) is 29.3. The summed E-state index contributed by atoms with van der Waals surface area (Å²) >= 11 is 0. The number of anilines is 1. The molecule has 3 fully saturated rings. The third-order valence-electron chi connectivity index (χ3n) is 10.9. The molecule has 0 spiro atoms. The maximum absolute atomic E-state index is 12.9. The van der Waals surface area contributed by atoms with Gasteiger partial charge in [-0.25, -0.2) is 18.2 Å². The van der Waals surface area contributed by atoms with E-state index in [4.69, 9.17) is 10.5 Å². The first-order chi connectivity index (χ1) is 23.8. The van der Waals surface area contributed by atoms with Crippen LogP contribution < -0.4 is 16.0 Å². The number of aromatic nitrogens is 2. The molecule has 0 bridgehead atoms. The molecule has 3 N–H and O–H groups in total. The number of alkyl carbamates (subject to hydrolysis) is 1. The Bertz CT molecular complexity index is 1700. The van der Waals surface area contributed by atoms with Gasteiger partial charge < -0.3 is 30.2 Å². The average molecular weight is 688 g/mol. The number of nitrogens with two attached hydrogens (primary N) is 1. The first-order valence-electron chi connectivity index (χ1n) is 17.3. The summed E-state index contributed by atoms with van der Waals surface area (Å²) in [5, 5.41) is 2.67. The lowest BCUT2D eigenvalue weighted by Gasteiger charge is -2.51. The highest BCUT2D eigenvalue weighted by atomic mass is 32.2. The zero-order chi connectivity index (χ0) is 34.4. The molecule has 2 aliphatic heterocycles. The Morgan fingerprint density at radius 1 is 1.08 bits per heavy atom. The fourth-order valence-corrected chi connectivity index (χ4v) is 9.76. The summed E-state index contributed by atoms with van der Waals surface area (Å²) in [6.45, 7) is 5.78. The van der Waals surface area contributed by atoms with Crippen molar-refractivity contribution in [3.8, 4) is 0 Å². The topological polar surface area (TPSA) is 135 Å². The number of nitrogens with one attached hydrogen (secondary N) is 1. The Morgan fingerprint density at radius 3 is 2.45 bits per heavy atom. The number of benzene rings is 2. The number of rotatable bonds is 12. The molecule has 3 aromatic rings. The van der Waals surface area contributed by atoms with Crippen LogP contribution in [0, 0.1) is 17.8 Å². The van der Waals surface area contributed by atoms with Gasteiger partial charge in [0.1, 0.15) is 11.0 Å². The SMILES string of the molecule is CN=CC(=CN)S(=O)(=O)c1ccc(N2CC(CN3CCC(C(Cn4ccnc4)(c4ccccc4)[C@H]4CCC[C@@H]4OC(=O)NC)CC3)C2)cc1. The van der Waals surface area contributed by atoms with Gasteiger partial charge in [0.15, 0.2) is 0 Å². The van der Waals surface area contributed by atoms with Crippen molar-refractivity contribution in [3.63, 3.8) is 0 Å². The first kappa shape index (κ1) is 34.7. The molecule has 2 saturated heterocycles. The van der Waals surface area contributed by atoms with Gasteiger partial charge in [-0.2, -0.15) is 0 Å². The highest BCUT2D eigenvalue weighted by Crippen LogP contribution is 2.52. The number of hydrogen-bond acceptors (Lipinski definition) is 9. The molecule has 12 heteroatoms. The number of aliphatic imine (C=N–C) groups is 1. The molecule has 3 aliphatic rings. The molecule has 1 aliphatic carbocycles. The van der Waals surface area contributed by atoms with Gasteiger partial charge in [-0.15, -0.1) is 0 Å². The number of imidazole rings is 1. The average Bonchev–Trinajstić information content (AvgIpc) is 3.80. The Kier molecular flexibility index (Phi) is 10.7. The van der Waals surface area contributed by atoms with Crippen molar-refractivity contribution in [2.24, 2.45) is 28.5 Å². The molecule has 262 valence electrons. The molecule has 1 aromatic heterocycles. The minimum absolute atomic E-state index is 0.0152. The molecule has 49 heavy (non-hydrogen) atoms. The van der Waals surface area contributed by atoms with E-state index in [9.17, 15) is 13.2 Å². The fraction of sp³-hybridized carbons (Fsp3) is 0.486. The molecular formula is C37H49N7O4S. The maximum atomic E-state index is 12.9. The third kappa shape index (κ3) is 7.26. The Balaban J connectivity index is 1.12. The van der Waals surface area contributed by atoms with E-state index in [2.05, 4.69) is 66.2 Å². The molecule has 2 aromatic carbocycles. The van der Waals surface area contributed by atoms with Crippen molar-refractivity contribution >= 4 is 27.8 Å². The standard InChI is InChI=1S/C37H49N7O4S/c1-39-22-33(21-38)49(46,47)32-13-11-31(12-14-32)44-24-28(25-44)23-42-18-15-30(16-19-42)37(26-43-20-17-41-27-43,29-7-4-3-5-8-29)34-9-6-10-35(34)48-36(45)40-2/h3-5,7-8,11-14,17,20-22,27-28,30,34-35H,6,9-10,15-16,18-19,23-26,38H2,1-2H3,(H,40,45)/t34-,35-,37?/m0/s1. The minimum Gasteiger partial charge on any atom is -0.446 e. The number of nitrogens with zero attached hydrogens (tertiary/aromatic N) is 5. The predicted molar refractivity (Wildman–Crippen MR) is 192 cm³/mol. The number of allylic oxidation sites excluding steroid dienone is 1. The number of piperidine rings is 1. The molecule has 11 nitrogen and oxygen atoms in total. The molecule has 1 unspecified atom stereocenters. The van der Waals surface area contributed by atoms with E-state index in [0.29, 0.717) is 11.8 Å². The van der Waals surface area contributed by atoms with Crippen LogP contribution in [0.4, 0.5) is 10.5 Å². The van der Waals surface area contributed by atoms with Gasteiger partial charge in [0, 0.05) is 88.0 Å². The largest absolute Gasteiger partial charge is 0.446 e. The highest BCUT2D eigenvalue weighted by molar-refractivity contribution is 7.96. The smallest absolute Gasteiger partial charge is 0.407 e. The monoisotopic (exact) mass is 687 g/mol. The van der Waals surface area contributed by atoms with E-state index in [-0.39, 0.29) is 33.3 Å². The van der Waals surface area contributed by atoms with Crippen LogP contribution in [0.15, 0.2) is 94.3 Å². The second kappa shape index (κ2) is 15.2. The van der Waals surface area contributed by atoms with Crippen molar-refractivity contribution in [3.05, 3.63) is 90.0 Å². The second-order valence-electron chi connectivity index (χ2n) is 13.7.